The van der Waals surface area contributed by atoms with Crippen molar-refractivity contribution < 1.29 is 18.3 Å². The Labute approximate surface area is 144 Å². The van der Waals surface area contributed by atoms with Crippen molar-refractivity contribution in [1.29, 1.82) is 0 Å². The maximum Gasteiger partial charge on any atom is 0.318 e. The molecule has 2 unspecified atom stereocenters. The lowest BCUT2D eigenvalue weighted by Crippen LogP contribution is -2.44. The zero-order chi connectivity index (χ0) is 18.0. The Morgan fingerprint density at radius 2 is 1.92 bits per heavy atom. The normalized spacial score (nSPS) is 25.7. The van der Waals surface area contributed by atoms with E-state index in [1.54, 1.807) is 6.07 Å². The Kier molecular flexibility index (Phi) is 3.27. The van der Waals surface area contributed by atoms with Gasteiger partial charge < -0.3 is 4.74 Å². The highest BCUT2D eigenvalue weighted by atomic mass is 19.1. The maximum atomic E-state index is 14.1. The Hall–Kier alpha value is -2.37. The maximum absolute atomic E-state index is 14.1. The van der Waals surface area contributed by atoms with E-state index >= 15 is 0 Å². The van der Waals surface area contributed by atoms with Crippen LogP contribution in [0, 0.1) is 17.0 Å². The van der Waals surface area contributed by atoms with E-state index in [2.05, 4.69) is 10.2 Å². The van der Waals surface area contributed by atoms with Crippen molar-refractivity contribution in [3.05, 3.63) is 47.2 Å². The van der Waals surface area contributed by atoms with Gasteiger partial charge in [-0.15, -0.1) is 5.10 Å². The van der Waals surface area contributed by atoms with E-state index in [4.69, 9.17) is 4.74 Å². The van der Waals surface area contributed by atoms with Crippen molar-refractivity contribution in [2.75, 3.05) is 7.11 Å². The molecule has 0 spiro atoms. The first kappa shape index (κ1) is 16.1. The molecule has 0 aliphatic heterocycles. The summed E-state index contributed by atoms with van der Waals surface area (Å²) in [7, 11) is 1.37. The van der Waals surface area contributed by atoms with Crippen molar-refractivity contribution in [3.8, 4) is 11.3 Å². The molecule has 0 N–H and O–H groups in total. The van der Waals surface area contributed by atoms with Crippen molar-refractivity contribution in [1.82, 2.24) is 10.2 Å². The molecule has 2 bridgehead atoms. The summed E-state index contributed by atoms with van der Waals surface area (Å²) in [6.45, 7) is 4.04. The quantitative estimate of drug-likeness (QED) is 0.779. The summed E-state index contributed by atoms with van der Waals surface area (Å²) in [5.74, 6) is -1.61. The number of rotatable bonds is 2. The molecule has 130 valence electrons. The van der Waals surface area contributed by atoms with Gasteiger partial charge in [0.2, 0.25) is 0 Å². The Bertz CT molecular complexity index is 877. The molecule has 1 aromatic heterocycles. The van der Waals surface area contributed by atoms with Gasteiger partial charge in [0.05, 0.1) is 24.1 Å². The number of esters is 1. The first-order valence-corrected chi connectivity index (χ1v) is 8.25. The van der Waals surface area contributed by atoms with Crippen LogP contribution in [0.1, 0.15) is 43.9 Å². The number of methoxy groups -OCH3 is 1. The number of ether oxygens (including phenoxy) is 1. The molecule has 6 heteroatoms. The molecular formula is C19H18F2N2O2. The minimum Gasteiger partial charge on any atom is -0.468 e. The Morgan fingerprint density at radius 3 is 2.56 bits per heavy atom. The molecule has 1 heterocycles. The molecular weight excluding hydrogens is 326 g/mol. The van der Waals surface area contributed by atoms with E-state index in [9.17, 15) is 13.6 Å². The van der Waals surface area contributed by atoms with Crippen LogP contribution in [0.5, 0.6) is 0 Å². The molecule has 2 aromatic rings. The van der Waals surface area contributed by atoms with Gasteiger partial charge in [-0.3, -0.25) is 4.79 Å². The van der Waals surface area contributed by atoms with Gasteiger partial charge in [-0.1, -0.05) is 19.9 Å². The van der Waals surface area contributed by atoms with Crippen LogP contribution in [0.15, 0.2) is 24.3 Å². The molecule has 1 aromatic carbocycles. The number of carbonyl (C=O) groups excluding carboxylic acids is 1. The predicted octanol–water partition coefficient (Wildman–Crippen LogP) is 3.75. The fraction of sp³-hybridized carbons (Fsp3) is 0.421. The Morgan fingerprint density at radius 1 is 1.24 bits per heavy atom. The lowest BCUT2D eigenvalue weighted by molar-refractivity contribution is -0.151. The molecule has 4 rings (SSSR count). The van der Waals surface area contributed by atoms with Crippen molar-refractivity contribution in [2.24, 2.45) is 5.41 Å². The first-order valence-electron chi connectivity index (χ1n) is 8.25. The van der Waals surface area contributed by atoms with Gasteiger partial charge in [0.25, 0.3) is 0 Å². The van der Waals surface area contributed by atoms with E-state index in [0.717, 1.165) is 12.0 Å². The number of aromatic nitrogens is 2. The van der Waals surface area contributed by atoms with Crippen LogP contribution in [-0.2, 0) is 14.9 Å². The SMILES string of the molecule is COC(=O)C12CCC(c3cc(-c4c(F)cccc4F)nnc31)C2(C)C. The smallest absolute Gasteiger partial charge is 0.318 e. The van der Waals surface area contributed by atoms with E-state index in [-0.39, 0.29) is 28.6 Å². The largest absolute Gasteiger partial charge is 0.468 e. The molecule has 25 heavy (non-hydrogen) atoms. The number of hydrogen-bond acceptors (Lipinski definition) is 4. The number of halogens is 2. The van der Waals surface area contributed by atoms with Crippen LogP contribution in [0.3, 0.4) is 0 Å². The number of nitrogens with zero attached hydrogens (tertiary/aromatic N) is 2. The fourth-order valence-electron chi connectivity index (χ4n) is 4.81. The van der Waals surface area contributed by atoms with Gasteiger partial charge in [-0.05, 0) is 47.9 Å². The van der Waals surface area contributed by atoms with E-state index < -0.39 is 17.0 Å². The molecule has 1 fully saturated rings. The molecule has 2 atom stereocenters. The van der Waals surface area contributed by atoms with Gasteiger partial charge in [0, 0.05) is 0 Å². The lowest BCUT2D eigenvalue weighted by atomic mass is 9.68. The highest BCUT2D eigenvalue weighted by molar-refractivity contribution is 5.87. The van der Waals surface area contributed by atoms with Crippen LogP contribution < -0.4 is 0 Å². The average Bonchev–Trinajstić information content (AvgIpc) is 2.96. The summed E-state index contributed by atoms with van der Waals surface area (Å²) >= 11 is 0. The van der Waals surface area contributed by atoms with Gasteiger partial charge in [-0.2, -0.15) is 5.10 Å². The third kappa shape index (κ3) is 1.82. The lowest BCUT2D eigenvalue weighted by Gasteiger charge is -2.34. The molecule has 0 amide bonds. The molecule has 2 aliphatic rings. The molecule has 0 radical (unpaired) electrons. The van der Waals surface area contributed by atoms with Crippen LogP contribution in [-0.4, -0.2) is 23.3 Å². The third-order valence-electron chi connectivity index (χ3n) is 6.13. The van der Waals surface area contributed by atoms with Crippen LogP contribution in [0.25, 0.3) is 11.3 Å². The van der Waals surface area contributed by atoms with E-state index in [1.165, 1.54) is 25.3 Å². The highest BCUT2D eigenvalue weighted by Crippen LogP contribution is 2.67. The van der Waals surface area contributed by atoms with Crippen molar-refractivity contribution >= 4 is 5.97 Å². The minimum atomic E-state index is -0.846. The van der Waals surface area contributed by atoms with Crippen LogP contribution >= 0.6 is 0 Å². The second kappa shape index (κ2) is 5.07. The number of benzene rings is 1. The van der Waals surface area contributed by atoms with E-state index in [1.807, 2.05) is 13.8 Å². The van der Waals surface area contributed by atoms with Gasteiger partial charge in [-0.25, -0.2) is 8.78 Å². The molecule has 4 nitrogen and oxygen atoms in total. The minimum absolute atomic E-state index is 0.0747. The van der Waals surface area contributed by atoms with Crippen molar-refractivity contribution in [3.63, 3.8) is 0 Å². The summed E-state index contributed by atoms with van der Waals surface area (Å²) in [6, 6.07) is 5.38. The molecule has 1 saturated carbocycles. The molecule has 0 saturated heterocycles. The summed E-state index contributed by atoms with van der Waals surface area (Å²) in [4.78, 5) is 12.6. The van der Waals surface area contributed by atoms with Crippen molar-refractivity contribution in [2.45, 2.75) is 38.0 Å². The number of hydrogen-bond donors (Lipinski definition) is 0. The van der Waals surface area contributed by atoms with Crippen LogP contribution in [0.4, 0.5) is 8.78 Å². The summed E-state index contributed by atoms with van der Waals surface area (Å²) in [5, 5.41) is 8.30. The number of fused-ring (bicyclic) bond motifs is 5. The van der Waals surface area contributed by atoms with Crippen LogP contribution in [0.2, 0.25) is 0 Å². The Balaban J connectivity index is 1.93. The monoisotopic (exact) mass is 344 g/mol. The summed E-state index contributed by atoms with van der Waals surface area (Å²) < 4.78 is 33.3. The van der Waals surface area contributed by atoms with Gasteiger partial charge in [0.15, 0.2) is 0 Å². The fourth-order valence-corrected chi connectivity index (χ4v) is 4.81. The topological polar surface area (TPSA) is 52.1 Å². The first-order chi connectivity index (χ1) is 11.8. The summed E-state index contributed by atoms with van der Waals surface area (Å²) in [6.07, 6.45) is 1.45. The van der Waals surface area contributed by atoms with E-state index in [0.29, 0.717) is 12.1 Å². The van der Waals surface area contributed by atoms with Gasteiger partial charge >= 0.3 is 5.97 Å². The zero-order valence-corrected chi connectivity index (χ0v) is 14.3. The number of carbonyl (C=O) groups is 1. The average molecular weight is 344 g/mol. The molecule has 2 aliphatic carbocycles. The second-order valence-corrected chi connectivity index (χ2v) is 7.34. The zero-order valence-electron chi connectivity index (χ0n) is 14.3. The second-order valence-electron chi connectivity index (χ2n) is 7.34. The predicted molar refractivity (Wildman–Crippen MR) is 86.8 cm³/mol. The van der Waals surface area contributed by atoms with Gasteiger partial charge in [0.1, 0.15) is 17.0 Å². The standard InChI is InChI=1S/C19H18F2N2O2/c1-18(2)11-7-8-19(18,17(24)25-3)16-10(11)9-14(22-23-16)15-12(20)5-4-6-13(15)21/h4-6,9,11H,7-8H2,1-3H3. The summed E-state index contributed by atoms with van der Waals surface area (Å²) in [5.41, 5.74) is 0.156. The third-order valence-corrected chi connectivity index (χ3v) is 6.13. The highest BCUT2D eigenvalue weighted by Gasteiger charge is 2.68.